The molecule has 143 valence electrons. The number of hydrogen-bond donors (Lipinski definition) is 5. The molecule has 0 bridgehead atoms. The van der Waals surface area contributed by atoms with Gasteiger partial charge >= 0.3 is 17.1 Å². The van der Waals surface area contributed by atoms with Crippen LogP contribution in [0.4, 0.5) is 0 Å². The monoisotopic (exact) mass is 415 g/mol. The number of para-hydroxylation sites is 2. The molecule has 5 N–H and O–H groups in total. The number of aromatic hydroxyl groups is 4. The number of phenolic OH excluding ortho intramolecular Hbond substituents is 4. The van der Waals surface area contributed by atoms with Crippen molar-refractivity contribution < 1.29 is 47.4 Å². The van der Waals surface area contributed by atoms with Gasteiger partial charge in [-0.15, -0.1) is 0 Å². The summed E-state index contributed by atoms with van der Waals surface area (Å²) in [5.41, 5.74) is 0.851. The van der Waals surface area contributed by atoms with Crippen LogP contribution in [0.25, 0.3) is 0 Å². The van der Waals surface area contributed by atoms with Crippen LogP contribution in [0.3, 0.4) is 0 Å². The predicted molar refractivity (Wildman–Crippen MR) is 97.8 cm³/mol. The van der Waals surface area contributed by atoms with Gasteiger partial charge in [-0.05, 0) is 24.3 Å². The summed E-state index contributed by atoms with van der Waals surface area (Å²) >= 11 is 0. The van der Waals surface area contributed by atoms with Crippen molar-refractivity contribution in [3.05, 3.63) is 47.5 Å². The Bertz CT molecular complexity index is 743. The van der Waals surface area contributed by atoms with E-state index >= 15 is 0 Å². The number of aliphatic carboxylic acids is 1. The van der Waals surface area contributed by atoms with E-state index in [0.29, 0.717) is 24.2 Å². The summed E-state index contributed by atoms with van der Waals surface area (Å²) in [7, 11) is 0. The Balaban J connectivity index is 0.00000123. The van der Waals surface area contributed by atoms with Crippen molar-refractivity contribution in [1.29, 1.82) is 0 Å². The van der Waals surface area contributed by atoms with Crippen LogP contribution in [0, 0.1) is 0 Å². The maximum absolute atomic E-state index is 9.58. The molecule has 0 saturated heterocycles. The van der Waals surface area contributed by atoms with Gasteiger partial charge in [0.1, 0.15) is 0 Å². The summed E-state index contributed by atoms with van der Waals surface area (Å²) in [5, 5.41) is 45.3. The van der Waals surface area contributed by atoms with Gasteiger partial charge in [0.2, 0.25) is 0 Å². The molecule has 0 unspecified atom stereocenters. The molecule has 0 aliphatic rings. The average Bonchev–Trinajstić information content (AvgIpc) is 2.57. The van der Waals surface area contributed by atoms with E-state index in [9.17, 15) is 20.4 Å². The van der Waals surface area contributed by atoms with Gasteiger partial charge in [0.25, 0.3) is 5.97 Å². The zero-order valence-corrected chi connectivity index (χ0v) is 15.6. The molecule has 0 aliphatic carbocycles. The van der Waals surface area contributed by atoms with E-state index in [2.05, 4.69) is 9.98 Å². The Labute approximate surface area is 166 Å². The SMILES string of the molecule is CC(=O)O.Oc1cccc(C=NCCN=Cc2cccc(O)c2O)c1O.[Mn+2]. The van der Waals surface area contributed by atoms with Crippen LogP contribution < -0.4 is 0 Å². The van der Waals surface area contributed by atoms with Crippen LogP contribution in [0.2, 0.25) is 0 Å². The molecule has 0 atom stereocenters. The Kier molecular flexibility index (Phi) is 11.0. The van der Waals surface area contributed by atoms with Gasteiger partial charge in [-0.2, -0.15) is 0 Å². The fourth-order valence-electron chi connectivity index (χ4n) is 1.75. The van der Waals surface area contributed by atoms with Crippen LogP contribution in [-0.4, -0.2) is 57.0 Å². The molecule has 0 spiro atoms. The molecular formula is C18H20MnN2O6+2. The number of carboxylic acids is 1. The summed E-state index contributed by atoms with van der Waals surface area (Å²) in [5.74, 6) is -1.64. The Morgan fingerprint density at radius 3 is 1.52 bits per heavy atom. The predicted octanol–water partition coefficient (Wildman–Crippen LogP) is 2.14. The van der Waals surface area contributed by atoms with Gasteiger partial charge in [-0.3, -0.25) is 14.8 Å². The molecule has 8 nitrogen and oxygen atoms in total. The first-order valence-corrected chi connectivity index (χ1v) is 7.54. The van der Waals surface area contributed by atoms with Crippen LogP contribution in [0.1, 0.15) is 18.1 Å². The number of carboxylic acid groups (broad SMARTS) is 1. The molecule has 1 radical (unpaired) electrons. The number of rotatable bonds is 5. The molecule has 0 heterocycles. The van der Waals surface area contributed by atoms with Crippen LogP contribution in [0.15, 0.2) is 46.4 Å². The van der Waals surface area contributed by atoms with E-state index in [1.165, 1.54) is 24.6 Å². The molecular weight excluding hydrogens is 395 g/mol. The molecule has 27 heavy (non-hydrogen) atoms. The number of hydrogen-bond acceptors (Lipinski definition) is 7. The molecule has 0 aromatic heterocycles. The van der Waals surface area contributed by atoms with Crippen molar-refractivity contribution >= 4 is 18.4 Å². The van der Waals surface area contributed by atoms with E-state index in [-0.39, 0.29) is 40.1 Å². The van der Waals surface area contributed by atoms with E-state index in [4.69, 9.17) is 9.90 Å². The molecule has 0 saturated carbocycles. The van der Waals surface area contributed by atoms with Crippen molar-refractivity contribution in [1.82, 2.24) is 0 Å². The molecule has 0 fully saturated rings. The summed E-state index contributed by atoms with van der Waals surface area (Å²) in [6.07, 6.45) is 2.91. The third kappa shape index (κ3) is 8.75. The number of phenols is 4. The number of carbonyl (C=O) groups is 1. The third-order valence-electron chi connectivity index (χ3n) is 2.91. The van der Waals surface area contributed by atoms with Gasteiger partial charge in [0.05, 0.1) is 13.1 Å². The zero-order chi connectivity index (χ0) is 19.5. The Morgan fingerprint density at radius 2 is 1.19 bits per heavy atom. The normalized spacial score (nSPS) is 10.3. The maximum atomic E-state index is 9.58. The maximum Gasteiger partial charge on any atom is 2.00 e. The largest absolute Gasteiger partial charge is 2.00 e. The molecule has 2 aromatic rings. The number of nitrogens with zero attached hydrogens (tertiary/aromatic N) is 2. The van der Waals surface area contributed by atoms with E-state index in [1.807, 2.05) is 0 Å². The van der Waals surface area contributed by atoms with Crippen molar-refractivity contribution in [3.63, 3.8) is 0 Å². The summed E-state index contributed by atoms with van der Waals surface area (Å²) in [4.78, 5) is 17.2. The molecule has 0 amide bonds. The summed E-state index contributed by atoms with van der Waals surface area (Å²) in [6, 6.07) is 9.26. The van der Waals surface area contributed by atoms with Crippen LogP contribution >= 0.6 is 0 Å². The van der Waals surface area contributed by atoms with Crippen molar-refractivity contribution in [2.75, 3.05) is 13.1 Å². The first-order chi connectivity index (χ1) is 12.3. The average molecular weight is 415 g/mol. The van der Waals surface area contributed by atoms with Crippen molar-refractivity contribution in [2.45, 2.75) is 6.92 Å². The van der Waals surface area contributed by atoms with Crippen molar-refractivity contribution in [3.8, 4) is 23.0 Å². The molecule has 0 aliphatic heterocycles. The molecule has 2 aromatic carbocycles. The van der Waals surface area contributed by atoms with Gasteiger partial charge in [-0.1, -0.05) is 12.1 Å². The smallest absolute Gasteiger partial charge is 0.504 e. The van der Waals surface area contributed by atoms with E-state index in [1.54, 1.807) is 24.3 Å². The minimum atomic E-state index is -0.833. The standard InChI is InChI=1S/C16H16N2O4.C2H4O2.Mn/c19-13-5-1-3-11(15(13)21)9-17-7-8-18-10-12-4-2-6-14(20)16(12)22;1-2(3)4;/h1-6,9-10,19-22H,7-8H2;1H3,(H,3,4);/q;;+2. The Morgan fingerprint density at radius 1 is 0.852 bits per heavy atom. The zero-order valence-electron chi connectivity index (χ0n) is 14.4. The number of benzene rings is 2. The topological polar surface area (TPSA) is 143 Å². The summed E-state index contributed by atoms with van der Waals surface area (Å²) < 4.78 is 0. The van der Waals surface area contributed by atoms with Gasteiger partial charge < -0.3 is 25.5 Å². The van der Waals surface area contributed by atoms with Crippen LogP contribution in [0.5, 0.6) is 23.0 Å². The second kappa shape index (κ2) is 12.3. The first kappa shape index (κ1) is 24.0. The minimum absolute atomic E-state index is 0. The van der Waals surface area contributed by atoms with Crippen molar-refractivity contribution in [2.24, 2.45) is 9.98 Å². The molecule has 2 rings (SSSR count). The summed E-state index contributed by atoms with van der Waals surface area (Å²) in [6.45, 7) is 1.84. The van der Waals surface area contributed by atoms with Gasteiger partial charge in [-0.25, -0.2) is 0 Å². The van der Waals surface area contributed by atoms with E-state index in [0.717, 1.165) is 6.92 Å². The van der Waals surface area contributed by atoms with Crippen LogP contribution in [-0.2, 0) is 21.9 Å². The molecule has 9 heteroatoms. The fraction of sp³-hybridized carbons (Fsp3) is 0.167. The second-order valence-corrected chi connectivity index (χ2v) is 5.02. The fourth-order valence-corrected chi connectivity index (χ4v) is 1.75. The number of aliphatic imine (C=N–C) groups is 2. The first-order valence-electron chi connectivity index (χ1n) is 7.54. The Hall–Kier alpha value is -3.03. The van der Waals surface area contributed by atoms with Gasteiger partial charge in [0.15, 0.2) is 23.0 Å². The third-order valence-corrected chi connectivity index (χ3v) is 2.91. The quantitative estimate of drug-likeness (QED) is 0.219. The van der Waals surface area contributed by atoms with Gasteiger partial charge in [0, 0.05) is 30.5 Å². The minimum Gasteiger partial charge on any atom is -0.504 e. The second-order valence-electron chi connectivity index (χ2n) is 5.02. The van der Waals surface area contributed by atoms with E-state index < -0.39 is 5.97 Å².